The average Bonchev–Trinajstić information content (AvgIpc) is 2.63. The van der Waals surface area contributed by atoms with Crippen LogP contribution in [0.5, 0.6) is 11.5 Å². The summed E-state index contributed by atoms with van der Waals surface area (Å²) in [6.07, 6.45) is 3.34. The fraction of sp³-hybridized carbons (Fsp3) is 0.400. The smallest absolute Gasteiger partial charge is 0.143 e. The van der Waals surface area contributed by atoms with Gasteiger partial charge in [-0.1, -0.05) is 23.7 Å². The molecule has 1 aliphatic heterocycles. The summed E-state index contributed by atoms with van der Waals surface area (Å²) in [5.41, 5.74) is 5.69. The molecule has 1 unspecified atom stereocenters. The zero-order valence-corrected chi connectivity index (χ0v) is 15.6. The number of hydrogen-bond acceptors (Lipinski definition) is 4. The summed E-state index contributed by atoms with van der Waals surface area (Å²) < 4.78 is 10.9. The molecule has 3 rings (SSSR count). The number of anilines is 1. The number of benzene rings is 2. The van der Waals surface area contributed by atoms with Crippen molar-refractivity contribution in [2.75, 3.05) is 32.7 Å². The average molecular weight is 361 g/mol. The molecule has 1 atom stereocenters. The summed E-state index contributed by atoms with van der Waals surface area (Å²) in [6, 6.07) is 13.9. The third-order valence-corrected chi connectivity index (χ3v) is 4.89. The maximum absolute atomic E-state index is 6.17. The van der Waals surface area contributed by atoms with Gasteiger partial charge in [-0.15, -0.1) is 0 Å². The molecular formula is C20H25ClN2O2. The first-order chi connectivity index (χ1) is 12.2. The van der Waals surface area contributed by atoms with Gasteiger partial charge in [0.2, 0.25) is 0 Å². The lowest BCUT2D eigenvalue weighted by Gasteiger charge is -2.34. The second kappa shape index (κ2) is 8.45. The SMILES string of the molecule is COc1ccc(Cl)cc1CC1CCCN(Nc2ccccc2OC)C1. The molecule has 2 aromatic carbocycles. The molecule has 1 fully saturated rings. The Hall–Kier alpha value is -1.91. The zero-order valence-electron chi connectivity index (χ0n) is 14.8. The van der Waals surface area contributed by atoms with Crippen molar-refractivity contribution >= 4 is 17.3 Å². The molecule has 0 spiro atoms. The molecule has 0 aliphatic carbocycles. The molecule has 0 bridgehead atoms. The van der Waals surface area contributed by atoms with E-state index in [0.717, 1.165) is 48.1 Å². The Balaban J connectivity index is 1.66. The van der Waals surface area contributed by atoms with Crippen LogP contribution in [-0.4, -0.2) is 32.3 Å². The number of piperidine rings is 1. The number of halogens is 1. The predicted molar refractivity (Wildman–Crippen MR) is 103 cm³/mol. The lowest BCUT2D eigenvalue weighted by Crippen LogP contribution is -2.40. The Morgan fingerprint density at radius 1 is 1.12 bits per heavy atom. The standard InChI is InChI=1S/C20H25ClN2O2/c1-24-19-10-9-17(21)13-16(19)12-15-6-5-11-23(14-15)22-18-7-3-4-8-20(18)25-2/h3-4,7-10,13,15,22H,5-6,11-12,14H2,1-2H3. The van der Waals surface area contributed by atoms with E-state index in [2.05, 4.69) is 10.4 Å². The van der Waals surface area contributed by atoms with E-state index in [1.165, 1.54) is 12.0 Å². The largest absolute Gasteiger partial charge is 0.496 e. The summed E-state index contributed by atoms with van der Waals surface area (Å²) >= 11 is 6.17. The van der Waals surface area contributed by atoms with Gasteiger partial charge in [-0.3, -0.25) is 0 Å². The molecule has 2 aromatic rings. The number of nitrogens with zero attached hydrogens (tertiary/aromatic N) is 1. The predicted octanol–water partition coefficient (Wildman–Crippen LogP) is 4.64. The second-order valence-corrected chi connectivity index (χ2v) is 6.86. The lowest BCUT2D eigenvalue weighted by molar-refractivity contribution is 0.205. The van der Waals surface area contributed by atoms with Gasteiger partial charge in [0.1, 0.15) is 11.5 Å². The Bertz CT molecular complexity index is 708. The highest BCUT2D eigenvalue weighted by atomic mass is 35.5. The Morgan fingerprint density at radius 3 is 2.72 bits per heavy atom. The normalized spacial score (nSPS) is 18.0. The summed E-state index contributed by atoms with van der Waals surface area (Å²) in [4.78, 5) is 0. The van der Waals surface area contributed by atoms with Gasteiger partial charge < -0.3 is 14.9 Å². The van der Waals surface area contributed by atoms with Crippen molar-refractivity contribution in [3.8, 4) is 11.5 Å². The van der Waals surface area contributed by atoms with Crippen molar-refractivity contribution in [1.82, 2.24) is 5.01 Å². The number of rotatable bonds is 6. The molecule has 1 saturated heterocycles. The van der Waals surface area contributed by atoms with Gasteiger partial charge in [0, 0.05) is 18.1 Å². The first kappa shape index (κ1) is 17.9. The maximum atomic E-state index is 6.17. The van der Waals surface area contributed by atoms with Crippen molar-refractivity contribution in [2.45, 2.75) is 19.3 Å². The third-order valence-electron chi connectivity index (χ3n) is 4.66. The quantitative estimate of drug-likeness (QED) is 0.813. The first-order valence-electron chi connectivity index (χ1n) is 8.66. The van der Waals surface area contributed by atoms with E-state index in [4.69, 9.17) is 21.1 Å². The van der Waals surface area contributed by atoms with Crippen molar-refractivity contribution in [3.63, 3.8) is 0 Å². The van der Waals surface area contributed by atoms with Crippen LogP contribution in [0.25, 0.3) is 0 Å². The number of methoxy groups -OCH3 is 2. The van der Waals surface area contributed by atoms with Crippen LogP contribution in [0.4, 0.5) is 5.69 Å². The van der Waals surface area contributed by atoms with E-state index in [9.17, 15) is 0 Å². The molecule has 25 heavy (non-hydrogen) atoms. The molecule has 134 valence electrons. The van der Waals surface area contributed by atoms with Crippen LogP contribution in [0, 0.1) is 5.92 Å². The van der Waals surface area contributed by atoms with E-state index >= 15 is 0 Å². The minimum absolute atomic E-state index is 0.559. The van der Waals surface area contributed by atoms with Crippen LogP contribution in [0.3, 0.4) is 0 Å². The molecule has 0 saturated carbocycles. The van der Waals surface area contributed by atoms with Gasteiger partial charge in [0.15, 0.2) is 0 Å². The topological polar surface area (TPSA) is 33.7 Å². The van der Waals surface area contributed by atoms with Gasteiger partial charge >= 0.3 is 0 Å². The van der Waals surface area contributed by atoms with Gasteiger partial charge in [0.25, 0.3) is 0 Å². The van der Waals surface area contributed by atoms with E-state index in [1.807, 2.05) is 42.5 Å². The Kier molecular flexibility index (Phi) is 6.05. The summed E-state index contributed by atoms with van der Waals surface area (Å²) in [5, 5.41) is 3.04. The van der Waals surface area contributed by atoms with Crippen LogP contribution in [-0.2, 0) is 6.42 Å². The minimum Gasteiger partial charge on any atom is -0.496 e. The molecule has 0 radical (unpaired) electrons. The molecular weight excluding hydrogens is 336 g/mol. The highest BCUT2D eigenvalue weighted by Crippen LogP contribution is 2.30. The highest BCUT2D eigenvalue weighted by Gasteiger charge is 2.22. The fourth-order valence-electron chi connectivity index (χ4n) is 3.46. The molecule has 5 heteroatoms. The Labute approximate surface area is 154 Å². The molecule has 1 N–H and O–H groups in total. The van der Waals surface area contributed by atoms with E-state index in [-0.39, 0.29) is 0 Å². The number of para-hydroxylation sites is 2. The molecule has 0 aromatic heterocycles. The highest BCUT2D eigenvalue weighted by molar-refractivity contribution is 6.30. The second-order valence-electron chi connectivity index (χ2n) is 6.43. The summed E-state index contributed by atoms with van der Waals surface area (Å²) in [5.74, 6) is 2.34. The number of hydrogen-bond donors (Lipinski definition) is 1. The van der Waals surface area contributed by atoms with Crippen molar-refractivity contribution in [3.05, 3.63) is 53.1 Å². The van der Waals surface area contributed by atoms with Crippen molar-refractivity contribution < 1.29 is 9.47 Å². The van der Waals surface area contributed by atoms with Crippen molar-refractivity contribution in [1.29, 1.82) is 0 Å². The van der Waals surface area contributed by atoms with E-state index in [0.29, 0.717) is 5.92 Å². The summed E-state index contributed by atoms with van der Waals surface area (Å²) in [6.45, 7) is 2.01. The molecule has 4 nitrogen and oxygen atoms in total. The van der Waals surface area contributed by atoms with Crippen LogP contribution < -0.4 is 14.9 Å². The van der Waals surface area contributed by atoms with Crippen LogP contribution in [0.15, 0.2) is 42.5 Å². The maximum Gasteiger partial charge on any atom is 0.143 e. The van der Waals surface area contributed by atoms with E-state index in [1.54, 1.807) is 14.2 Å². The lowest BCUT2D eigenvalue weighted by atomic mass is 9.91. The monoisotopic (exact) mass is 360 g/mol. The van der Waals surface area contributed by atoms with Crippen molar-refractivity contribution in [2.24, 2.45) is 5.92 Å². The van der Waals surface area contributed by atoms with Crippen LogP contribution in [0.1, 0.15) is 18.4 Å². The number of ether oxygens (including phenoxy) is 2. The summed E-state index contributed by atoms with van der Waals surface area (Å²) in [7, 11) is 3.41. The zero-order chi connectivity index (χ0) is 17.6. The minimum atomic E-state index is 0.559. The van der Waals surface area contributed by atoms with Crippen LogP contribution in [0.2, 0.25) is 5.02 Å². The third kappa shape index (κ3) is 4.59. The molecule has 1 heterocycles. The Morgan fingerprint density at radius 2 is 1.92 bits per heavy atom. The van der Waals surface area contributed by atoms with Gasteiger partial charge in [-0.2, -0.15) is 0 Å². The van der Waals surface area contributed by atoms with Gasteiger partial charge in [-0.25, -0.2) is 5.01 Å². The number of hydrazine groups is 1. The van der Waals surface area contributed by atoms with Crippen LogP contribution >= 0.6 is 11.6 Å². The first-order valence-corrected chi connectivity index (χ1v) is 9.04. The van der Waals surface area contributed by atoms with E-state index < -0.39 is 0 Å². The molecule has 1 aliphatic rings. The van der Waals surface area contributed by atoms with Gasteiger partial charge in [0.05, 0.1) is 19.9 Å². The fourth-order valence-corrected chi connectivity index (χ4v) is 3.65. The number of nitrogens with one attached hydrogen (secondary N) is 1. The van der Waals surface area contributed by atoms with Gasteiger partial charge in [-0.05, 0) is 61.1 Å². The molecule has 0 amide bonds.